The van der Waals surface area contributed by atoms with E-state index in [1.165, 1.54) is 16.7 Å². The number of hydrogen-bond acceptors (Lipinski definition) is 4. The largest absolute Gasteiger partial charge is 0.476 e. The maximum Gasteiger partial charge on any atom is 0.355 e. The molecule has 2 rings (SSSR count). The van der Waals surface area contributed by atoms with Crippen molar-refractivity contribution in [1.29, 1.82) is 0 Å². The molecule has 0 unspecified atom stereocenters. The fraction of sp³-hybridized carbons (Fsp3) is 0.154. The van der Waals surface area contributed by atoms with Gasteiger partial charge in [-0.15, -0.1) is 11.3 Å². The highest BCUT2D eigenvalue weighted by Crippen LogP contribution is 2.12. The number of nitrogens with zero attached hydrogens (tertiary/aromatic N) is 1. The second-order valence-corrected chi connectivity index (χ2v) is 5.39. The normalized spacial score (nSPS) is 10.2. The van der Waals surface area contributed by atoms with Gasteiger partial charge in [0.1, 0.15) is 5.01 Å². The highest BCUT2D eigenvalue weighted by Gasteiger charge is 2.09. The van der Waals surface area contributed by atoms with Gasteiger partial charge in [0.05, 0.1) is 13.0 Å². The highest BCUT2D eigenvalue weighted by atomic mass is 35.5. The first-order valence-corrected chi connectivity index (χ1v) is 6.99. The lowest BCUT2D eigenvalue weighted by molar-refractivity contribution is -0.120. The van der Waals surface area contributed by atoms with E-state index in [1.54, 1.807) is 18.2 Å². The Morgan fingerprint density at radius 1 is 1.40 bits per heavy atom. The predicted octanol–water partition coefficient (Wildman–Crippen LogP) is 2.35. The van der Waals surface area contributed by atoms with E-state index in [0.29, 0.717) is 10.0 Å². The molecule has 0 saturated carbocycles. The smallest absolute Gasteiger partial charge is 0.355 e. The van der Waals surface area contributed by atoms with Crippen molar-refractivity contribution in [2.75, 3.05) is 0 Å². The molecule has 0 bridgehead atoms. The number of amides is 1. The van der Waals surface area contributed by atoms with E-state index < -0.39 is 5.97 Å². The average Bonchev–Trinajstić information content (AvgIpc) is 2.85. The third kappa shape index (κ3) is 4.04. The minimum Gasteiger partial charge on any atom is -0.476 e. The number of nitrogens with one attached hydrogen (secondary N) is 1. The van der Waals surface area contributed by atoms with Crippen LogP contribution in [0.5, 0.6) is 0 Å². The van der Waals surface area contributed by atoms with Crippen molar-refractivity contribution >= 4 is 34.8 Å². The molecule has 7 heteroatoms. The van der Waals surface area contributed by atoms with Crippen LogP contribution in [0.3, 0.4) is 0 Å². The van der Waals surface area contributed by atoms with E-state index in [0.717, 1.165) is 5.56 Å². The summed E-state index contributed by atoms with van der Waals surface area (Å²) in [5.41, 5.74) is 0.814. The molecule has 0 aliphatic carbocycles. The SMILES string of the molecule is O=C(Cc1cccc(Cl)c1)NCc1nc(C(=O)O)cs1. The molecule has 0 saturated heterocycles. The number of rotatable bonds is 5. The Balaban J connectivity index is 1.87. The minimum atomic E-state index is -1.07. The van der Waals surface area contributed by atoms with Gasteiger partial charge in [-0.2, -0.15) is 0 Å². The summed E-state index contributed by atoms with van der Waals surface area (Å²) in [5.74, 6) is -1.24. The van der Waals surface area contributed by atoms with Crippen molar-refractivity contribution < 1.29 is 14.7 Å². The lowest BCUT2D eigenvalue weighted by Crippen LogP contribution is -2.24. The number of benzene rings is 1. The van der Waals surface area contributed by atoms with Crippen LogP contribution in [0.1, 0.15) is 21.1 Å². The molecule has 0 radical (unpaired) electrons. The molecule has 0 atom stereocenters. The molecule has 0 fully saturated rings. The second kappa shape index (κ2) is 6.49. The Morgan fingerprint density at radius 3 is 2.85 bits per heavy atom. The first-order chi connectivity index (χ1) is 9.54. The van der Waals surface area contributed by atoms with Gasteiger partial charge in [-0.05, 0) is 17.7 Å². The van der Waals surface area contributed by atoms with Crippen molar-refractivity contribution in [2.45, 2.75) is 13.0 Å². The van der Waals surface area contributed by atoms with Crippen LogP contribution in [0.2, 0.25) is 5.02 Å². The summed E-state index contributed by atoms with van der Waals surface area (Å²) in [7, 11) is 0. The molecule has 20 heavy (non-hydrogen) atoms. The fourth-order valence-electron chi connectivity index (χ4n) is 1.56. The standard InChI is InChI=1S/C13H11ClN2O3S/c14-9-3-1-2-8(4-9)5-11(17)15-6-12-16-10(7-20-12)13(18)19/h1-4,7H,5-6H2,(H,15,17)(H,18,19). The number of carbonyl (C=O) groups excluding carboxylic acids is 1. The molecule has 0 spiro atoms. The van der Waals surface area contributed by atoms with E-state index in [-0.39, 0.29) is 24.6 Å². The summed E-state index contributed by atoms with van der Waals surface area (Å²) in [6.45, 7) is 0.220. The number of hydrogen-bond donors (Lipinski definition) is 2. The van der Waals surface area contributed by atoms with Crippen LogP contribution in [0.4, 0.5) is 0 Å². The molecular weight excluding hydrogens is 300 g/mol. The molecule has 104 valence electrons. The Labute approximate surface area is 124 Å². The zero-order valence-corrected chi connectivity index (χ0v) is 11.9. The van der Waals surface area contributed by atoms with E-state index in [4.69, 9.17) is 16.7 Å². The fourth-order valence-corrected chi connectivity index (χ4v) is 2.48. The Morgan fingerprint density at radius 2 is 2.20 bits per heavy atom. The summed E-state index contributed by atoms with van der Waals surface area (Å²) in [6.07, 6.45) is 0.220. The molecule has 2 N–H and O–H groups in total. The molecule has 1 aromatic heterocycles. The van der Waals surface area contributed by atoms with Gasteiger partial charge >= 0.3 is 5.97 Å². The maximum absolute atomic E-state index is 11.7. The Kier molecular flexibility index (Phi) is 4.70. The van der Waals surface area contributed by atoms with Crippen molar-refractivity contribution in [3.05, 3.63) is 50.9 Å². The number of carboxylic acids is 1. The summed E-state index contributed by atoms with van der Waals surface area (Å²) in [4.78, 5) is 26.3. The van der Waals surface area contributed by atoms with Gasteiger partial charge < -0.3 is 10.4 Å². The second-order valence-electron chi connectivity index (χ2n) is 4.02. The van der Waals surface area contributed by atoms with E-state index in [9.17, 15) is 9.59 Å². The number of carbonyl (C=O) groups is 2. The van der Waals surface area contributed by atoms with Crippen molar-refractivity contribution in [3.63, 3.8) is 0 Å². The van der Waals surface area contributed by atoms with Gasteiger partial charge in [-0.1, -0.05) is 23.7 Å². The lowest BCUT2D eigenvalue weighted by Gasteiger charge is -2.03. The number of aromatic nitrogens is 1. The monoisotopic (exact) mass is 310 g/mol. The molecule has 1 heterocycles. The van der Waals surface area contributed by atoms with Gasteiger partial charge in [0.15, 0.2) is 5.69 Å². The lowest BCUT2D eigenvalue weighted by atomic mass is 10.1. The minimum absolute atomic E-state index is 0.00547. The topological polar surface area (TPSA) is 79.3 Å². The summed E-state index contributed by atoms with van der Waals surface area (Å²) in [6, 6.07) is 7.07. The third-order valence-corrected chi connectivity index (χ3v) is 3.55. The van der Waals surface area contributed by atoms with Crippen LogP contribution in [-0.4, -0.2) is 22.0 Å². The Bertz CT molecular complexity index is 642. The Hall–Kier alpha value is -1.92. The van der Waals surface area contributed by atoms with Gasteiger partial charge in [0, 0.05) is 10.4 Å². The maximum atomic E-state index is 11.7. The van der Waals surface area contributed by atoms with Gasteiger partial charge in [-0.25, -0.2) is 9.78 Å². The van der Waals surface area contributed by atoms with Crippen LogP contribution < -0.4 is 5.32 Å². The first kappa shape index (κ1) is 14.5. The van der Waals surface area contributed by atoms with Crippen LogP contribution in [-0.2, 0) is 17.8 Å². The molecule has 0 aliphatic rings. The number of carboxylic acid groups (broad SMARTS) is 1. The van der Waals surface area contributed by atoms with Gasteiger partial charge in [0.2, 0.25) is 5.91 Å². The van der Waals surface area contributed by atoms with E-state index >= 15 is 0 Å². The predicted molar refractivity (Wildman–Crippen MR) is 76.1 cm³/mol. The van der Waals surface area contributed by atoms with Crippen LogP contribution in [0.25, 0.3) is 0 Å². The molecular formula is C13H11ClN2O3S. The first-order valence-electron chi connectivity index (χ1n) is 5.73. The van der Waals surface area contributed by atoms with Crippen LogP contribution in [0, 0.1) is 0 Å². The quantitative estimate of drug-likeness (QED) is 0.888. The number of halogens is 1. The number of aromatic carboxylic acids is 1. The van der Waals surface area contributed by atoms with Crippen molar-refractivity contribution in [2.24, 2.45) is 0 Å². The molecule has 5 nitrogen and oxygen atoms in total. The molecule has 2 aromatic rings. The van der Waals surface area contributed by atoms with E-state index in [1.807, 2.05) is 6.07 Å². The molecule has 1 amide bonds. The van der Waals surface area contributed by atoms with Crippen LogP contribution in [0.15, 0.2) is 29.6 Å². The summed E-state index contributed by atoms with van der Waals surface area (Å²) in [5, 5.41) is 14.0. The number of thiazole rings is 1. The van der Waals surface area contributed by atoms with Crippen LogP contribution >= 0.6 is 22.9 Å². The zero-order valence-electron chi connectivity index (χ0n) is 10.3. The van der Waals surface area contributed by atoms with E-state index in [2.05, 4.69) is 10.3 Å². The van der Waals surface area contributed by atoms with Crippen molar-refractivity contribution in [1.82, 2.24) is 10.3 Å². The average molecular weight is 311 g/mol. The van der Waals surface area contributed by atoms with Gasteiger partial charge in [0.25, 0.3) is 0 Å². The van der Waals surface area contributed by atoms with Gasteiger partial charge in [-0.3, -0.25) is 4.79 Å². The molecule has 0 aliphatic heterocycles. The third-order valence-electron chi connectivity index (χ3n) is 2.46. The summed E-state index contributed by atoms with van der Waals surface area (Å²) < 4.78 is 0. The van der Waals surface area contributed by atoms with Crippen molar-refractivity contribution in [3.8, 4) is 0 Å². The molecule has 1 aromatic carbocycles. The highest BCUT2D eigenvalue weighted by molar-refractivity contribution is 7.09. The zero-order chi connectivity index (χ0) is 14.5. The summed E-state index contributed by atoms with van der Waals surface area (Å²) >= 11 is 7.04.